The average molecular weight is 157 g/mol. The molecule has 11 heavy (non-hydrogen) atoms. The summed E-state index contributed by atoms with van der Waals surface area (Å²) in [6.45, 7) is 3.73. The second-order valence-corrected chi connectivity index (χ2v) is 2.64. The van der Waals surface area contributed by atoms with E-state index in [9.17, 15) is 4.79 Å². The molecule has 0 amide bonds. The van der Waals surface area contributed by atoms with E-state index in [1.807, 2.05) is 6.92 Å². The van der Waals surface area contributed by atoms with Crippen LogP contribution < -0.4 is 5.32 Å². The molecule has 1 atom stereocenters. The molecule has 0 saturated carbocycles. The molecule has 0 aliphatic carbocycles. The fraction of sp³-hybridized carbons (Fsp3) is 0.571. The zero-order valence-corrected chi connectivity index (χ0v) is 6.55. The fourth-order valence-electron chi connectivity index (χ4n) is 0.799. The number of carbonyl (C=O) groups is 1. The molecule has 2 N–H and O–H groups in total. The van der Waals surface area contributed by atoms with Crippen LogP contribution in [0.4, 0.5) is 0 Å². The molecule has 1 unspecified atom stereocenters. The zero-order valence-electron chi connectivity index (χ0n) is 6.55. The van der Waals surface area contributed by atoms with Crippen molar-refractivity contribution in [3.8, 4) is 0 Å². The number of hydrogen-bond donors (Lipinski definition) is 2. The molecular weight excluding hydrogens is 146 g/mol. The first-order valence-corrected chi connectivity index (χ1v) is 3.47. The lowest BCUT2D eigenvalue weighted by Gasteiger charge is -2.22. The minimum Gasteiger partial charge on any atom is -0.475 e. The summed E-state index contributed by atoms with van der Waals surface area (Å²) in [6, 6.07) is 0. The molecule has 0 spiro atoms. The van der Waals surface area contributed by atoms with Gasteiger partial charge in [-0.15, -0.1) is 0 Å². The van der Waals surface area contributed by atoms with E-state index in [2.05, 4.69) is 5.32 Å². The van der Waals surface area contributed by atoms with Gasteiger partial charge in [-0.25, -0.2) is 4.79 Å². The predicted octanol–water partition coefficient (Wildman–Crippen LogP) is 0.658. The second-order valence-electron chi connectivity index (χ2n) is 2.64. The Morgan fingerprint density at radius 3 is 2.82 bits per heavy atom. The first-order valence-electron chi connectivity index (χ1n) is 3.47. The largest absolute Gasteiger partial charge is 0.475 e. The number of ether oxygens (including phenoxy) is 1. The summed E-state index contributed by atoms with van der Waals surface area (Å²) in [7, 11) is 0. The van der Waals surface area contributed by atoms with Crippen LogP contribution in [0.2, 0.25) is 0 Å². The normalized spacial score (nSPS) is 28.7. The van der Waals surface area contributed by atoms with Crippen LogP contribution in [-0.4, -0.2) is 16.8 Å². The highest BCUT2D eigenvalue weighted by molar-refractivity contribution is 5.84. The number of aliphatic carboxylic acids is 1. The van der Waals surface area contributed by atoms with Crippen molar-refractivity contribution in [3.63, 3.8) is 0 Å². The summed E-state index contributed by atoms with van der Waals surface area (Å²) in [5, 5.41) is 11.4. The lowest BCUT2D eigenvalue weighted by atomic mass is 10.2. The third kappa shape index (κ3) is 1.45. The Hall–Kier alpha value is -1.19. The van der Waals surface area contributed by atoms with Crippen LogP contribution in [0.1, 0.15) is 20.3 Å². The van der Waals surface area contributed by atoms with E-state index < -0.39 is 11.7 Å². The van der Waals surface area contributed by atoms with Gasteiger partial charge < -0.3 is 15.2 Å². The van der Waals surface area contributed by atoms with Crippen molar-refractivity contribution in [1.29, 1.82) is 0 Å². The average Bonchev–Trinajstić information content (AvgIpc) is 2.33. The van der Waals surface area contributed by atoms with Crippen molar-refractivity contribution in [2.24, 2.45) is 0 Å². The van der Waals surface area contributed by atoms with E-state index in [-0.39, 0.29) is 5.76 Å². The van der Waals surface area contributed by atoms with Crippen LogP contribution in [0.25, 0.3) is 0 Å². The third-order valence-electron chi connectivity index (χ3n) is 1.73. The van der Waals surface area contributed by atoms with Crippen LogP contribution in [0.15, 0.2) is 12.0 Å². The molecule has 1 aliphatic rings. The van der Waals surface area contributed by atoms with Crippen LogP contribution in [-0.2, 0) is 9.53 Å². The van der Waals surface area contributed by atoms with Crippen molar-refractivity contribution >= 4 is 5.97 Å². The lowest BCUT2D eigenvalue weighted by Crippen LogP contribution is -2.36. The monoisotopic (exact) mass is 157 g/mol. The third-order valence-corrected chi connectivity index (χ3v) is 1.73. The van der Waals surface area contributed by atoms with Gasteiger partial charge in [-0.3, -0.25) is 0 Å². The van der Waals surface area contributed by atoms with E-state index in [1.54, 1.807) is 6.92 Å². The Labute approximate surface area is 64.9 Å². The van der Waals surface area contributed by atoms with Gasteiger partial charge in [0.05, 0.1) is 6.20 Å². The SMILES string of the molecule is CCC1(C)NC=C(C(=O)O)O1. The predicted molar refractivity (Wildman–Crippen MR) is 38.6 cm³/mol. The van der Waals surface area contributed by atoms with Crippen molar-refractivity contribution < 1.29 is 14.6 Å². The second kappa shape index (κ2) is 2.45. The van der Waals surface area contributed by atoms with Crippen molar-refractivity contribution in [3.05, 3.63) is 12.0 Å². The summed E-state index contributed by atoms with van der Waals surface area (Å²) < 4.78 is 5.11. The number of carboxylic acids is 1. The molecular formula is C7H11NO3. The minimum absolute atomic E-state index is 0.0191. The molecule has 0 fully saturated rings. The lowest BCUT2D eigenvalue weighted by molar-refractivity contribution is -0.139. The first-order chi connectivity index (χ1) is 5.07. The maximum absolute atomic E-state index is 10.4. The van der Waals surface area contributed by atoms with Gasteiger partial charge >= 0.3 is 5.97 Å². The minimum atomic E-state index is -1.03. The molecule has 1 heterocycles. The molecule has 0 aromatic rings. The topological polar surface area (TPSA) is 58.6 Å². The zero-order chi connectivity index (χ0) is 8.48. The molecule has 1 rings (SSSR count). The van der Waals surface area contributed by atoms with Crippen molar-refractivity contribution in [1.82, 2.24) is 5.32 Å². The van der Waals surface area contributed by atoms with Crippen molar-refractivity contribution in [2.45, 2.75) is 26.0 Å². The van der Waals surface area contributed by atoms with E-state index in [4.69, 9.17) is 9.84 Å². The van der Waals surface area contributed by atoms with Crippen LogP contribution in [0.3, 0.4) is 0 Å². The summed E-state index contributed by atoms with van der Waals surface area (Å²) in [5.74, 6) is -1.05. The first kappa shape index (κ1) is 7.91. The molecule has 4 heteroatoms. The molecule has 0 saturated heterocycles. The fourth-order valence-corrected chi connectivity index (χ4v) is 0.799. The van der Waals surface area contributed by atoms with Gasteiger partial charge in [0.1, 0.15) is 0 Å². The summed E-state index contributed by atoms with van der Waals surface area (Å²) in [5.41, 5.74) is -0.534. The molecule has 0 aromatic carbocycles. The molecule has 4 nitrogen and oxygen atoms in total. The number of carboxylic acid groups (broad SMARTS) is 1. The van der Waals surface area contributed by atoms with Crippen LogP contribution in [0.5, 0.6) is 0 Å². The van der Waals surface area contributed by atoms with E-state index >= 15 is 0 Å². The molecule has 62 valence electrons. The van der Waals surface area contributed by atoms with Crippen LogP contribution in [0, 0.1) is 0 Å². The Bertz CT molecular complexity index is 212. The van der Waals surface area contributed by atoms with Crippen LogP contribution >= 0.6 is 0 Å². The summed E-state index contributed by atoms with van der Waals surface area (Å²) in [6.07, 6.45) is 2.10. The van der Waals surface area contributed by atoms with Gasteiger partial charge in [-0.1, -0.05) is 6.92 Å². The van der Waals surface area contributed by atoms with E-state index in [0.717, 1.165) is 6.42 Å². The molecule has 0 radical (unpaired) electrons. The smallest absolute Gasteiger partial charge is 0.372 e. The Balaban J connectivity index is 2.62. The number of hydrogen-bond acceptors (Lipinski definition) is 3. The quantitative estimate of drug-likeness (QED) is 0.618. The molecule has 0 aromatic heterocycles. The molecule has 0 bridgehead atoms. The van der Waals surface area contributed by atoms with Gasteiger partial charge in [0.2, 0.25) is 5.76 Å². The van der Waals surface area contributed by atoms with E-state index in [1.165, 1.54) is 6.20 Å². The Kier molecular flexibility index (Phi) is 1.76. The van der Waals surface area contributed by atoms with Crippen molar-refractivity contribution in [2.75, 3.05) is 0 Å². The van der Waals surface area contributed by atoms with Gasteiger partial charge in [0, 0.05) is 6.42 Å². The van der Waals surface area contributed by atoms with Gasteiger partial charge in [-0.2, -0.15) is 0 Å². The Morgan fingerprint density at radius 1 is 1.91 bits per heavy atom. The highest BCUT2D eigenvalue weighted by atomic mass is 16.5. The Morgan fingerprint density at radius 2 is 2.55 bits per heavy atom. The van der Waals surface area contributed by atoms with E-state index in [0.29, 0.717) is 0 Å². The highest BCUT2D eigenvalue weighted by Gasteiger charge is 2.31. The van der Waals surface area contributed by atoms with Gasteiger partial charge in [-0.05, 0) is 6.92 Å². The van der Waals surface area contributed by atoms with Gasteiger partial charge in [0.25, 0.3) is 0 Å². The number of rotatable bonds is 2. The number of nitrogens with one attached hydrogen (secondary N) is 1. The highest BCUT2D eigenvalue weighted by Crippen LogP contribution is 2.21. The van der Waals surface area contributed by atoms with Gasteiger partial charge in [0.15, 0.2) is 5.72 Å². The summed E-state index contributed by atoms with van der Waals surface area (Å²) >= 11 is 0. The maximum atomic E-state index is 10.4. The standard InChI is InChI=1S/C7H11NO3/c1-3-7(2)8-4-5(11-7)6(9)10/h4,8H,3H2,1-2H3,(H,9,10). The summed E-state index contributed by atoms with van der Waals surface area (Å²) in [4.78, 5) is 10.4. The maximum Gasteiger partial charge on any atom is 0.372 e. The molecule has 1 aliphatic heterocycles.